The number of amides is 2. The summed E-state index contributed by atoms with van der Waals surface area (Å²) in [5.41, 5.74) is 0.994. The van der Waals surface area contributed by atoms with Crippen LogP contribution in [0.5, 0.6) is 5.88 Å². The predicted octanol–water partition coefficient (Wildman–Crippen LogP) is 2.78. The maximum atomic E-state index is 14.4. The Hall–Kier alpha value is -2.96. The van der Waals surface area contributed by atoms with E-state index in [0.717, 1.165) is 6.42 Å². The fraction of sp³-hybridized carbons (Fsp3) is 0.316. The van der Waals surface area contributed by atoms with Gasteiger partial charge in [-0.3, -0.25) is 14.5 Å². The van der Waals surface area contributed by atoms with Gasteiger partial charge in [-0.25, -0.2) is 9.37 Å². The molecule has 0 radical (unpaired) electrons. The molecule has 1 fully saturated rings. The first-order valence-electron chi connectivity index (χ1n) is 8.58. The quantitative estimate of drug-likeness (QED) is 0.831. The molecule has 2 aromatic rings. The molecule has 1 aromatic heterocycles. The van der Waals surface area contributed by atoms with E-state index in [2.05, 4.69) is 4.98 Å². The molecule has 0 spiro atoms. The van der Waals surface area contributed by atoms with E-state index in [1.54, 1.807) is 23.2 Å². The number of aromatic nitrogens is 1. The van der Waals surface area contributed by atoms with Crippen molar-refractivity contribution in [1.29, 1.82) is 0 Å². The number of carbonyl (C=O) groups excluding carboxylic acids is 2. The van der Waals surface area contributed by atoms with Crippen LogP contribution in [0, 0.1) is 5.82 Å². The molecule has 7 heteroatoms. The van der Waals surface area contributed by atoms with Crippen LogP contribution >= 0.6 is 0 Å². The first-order chi connectivity index (χ1) is 12.5. The average molecular weight is 355 g/mol. The third-order valence-electron chi connectivity index (χ3n) is 4.60. The van der Waals surface area contributed by atoms with Crippen LogP contribution in [0.3, 0.4) is 0 Å². The van der Waals surface area contributed by atoms with E-state index in [0.29, 0.717) is 36.8 Å². The summed E-state index contributed by atoms with van der Waals surface area (Å²) in [5, 5.41) is 0. The molecule has 4 rings (SSSR count). The van der Waals surface area contributed by atoms with Crippen LogP contribution in [0.1, 0.15) is 30.1 Å². The number of pyridine rings is 1. The van der Waals surface area contributed by atoms with E-state index in [1.807, 2.05) is 6.92 Å². The smallest absolute Gasteiger partial charge is 0.261 e. The molecule has 2 amide bonds. The number of benzene rings is 1. The second-order valence-corrected chi connectivity index (χ2v) is 6.48. The number of rotatable bonds is 2. The highest BCUT2D eigenvalue weighted by molar-refractivity contribution is 6.08. The molecule has 2 aliphatic heterocycles. The molecular formula is C19H18FN3O3. The van der Waals surface area contributed by atoms with E-state index < -0.39 is 11.7 Å². The lowest BCUT2D eigenvalue weighted by molar-refractivity contribution is -0.117. The third-order valence-corrected chi connectivity index (χ3v) is 4.60. The number of anilines is 2. The monoisotopic (exact) mass is 355 g/mol. The molecule has 0 saturated carbocycles. The van der Waals surface area contributed by atoms with Crippen molar-refractivity contribution in [3.05, 3.63) is 47.9 Å². The van der Waals surface area contributed by atoms with Crippen molar-refractivity contribution in [3.8, 4) is 5.88 Å². The maximum absolute atomic E-state index is 14.4. The lowest BCUT2D eigenvalue weighted by Crippen LogP contribution is -2.43. The molecule has 1 unspecified atom stereocenters. The zero-order valence-electron chi connectivity index (χ0n) is 14.3. The minimum atomic E-state index is -0.616. The summed E-state index contributed by atoms with van der Waals surface area (Å²) < 4.78 is 20.1. The number of fused-ring (bicyclic) bond motifs is 1. The Bertz CT molecular complexity index is 886. The molecule has 134 valence electrons. The molecule has 26 heavy (non-hydrogen) atoms. The average Bonchev–Trinajstić information content (AvgIpc) is 3.07. The van der Waals surface area contributed by atoms with E-state index in [1.165, 1.54) is 23.1 Å². The number of nitrogens with zero attached hydrogens (tertiary/aromatic N) is 3. The zero-order valence-corrected chi connectivity index (χ0v) is 14.3. The first kappa shape index (κ1) is 16.5. The van der Waals surface area contributed by atoms with Crippen LogP contribution in [0.4, 0.5) is 15.8 Å². The fourth-order valence-corrected chi connectivity index (χ4v) is 3.37. The van der Waals surface area contributed by atoms with Gasteiger partial charge in [0.05, 0.1) is 12.1 Å². The van der Waals surface area contributed by atoms with Gasteiger partial charge in [-0.15, -0.1) is 0 Å². The summed E-state index contributed by atoms with van der Waals surface area (Å²) >= 11 is 0. The molecule has 1 atom stereocenters. The Labute approximate surface area is 150 Å². The predicted molar refractivity (Wildman–Crippen MR) is 94.0 cm³/mol. The van der Waals surface area contributed by atoms with Crippen molar-refractivity contribution in [2.45, 2.75) is 25.9 Å². The summed E-state index contributed by atoms with van der Waals surface area (Å²) in [6.07, 6.45) is 2.56. The molecule has 1 saturated heterocycles. The highest BCUT2D eigenvalue weighted by Gasteiger charge is 2.31. The zero-order chi connectivity index (χ0) is 18.3. The summed E-state index contributed by atoms with van der Waals surface area (Å²) in [5.74, 6) is -0.745. The van der Waals surface area contributed by atoms with Crippen LogP contribution in [-0.2, 0) is 4.79 Å². The number of hydrogen-bond acceptors (Lipinski definition) is 4. The van der Waals surface area contributed by atoms with E-state index in [-0.39, 0.29) is 17.6 Å². The van der Waals surface area contributed by atoms with Gasteiger partial charge in [0.25, 0.3) is 5.91 Å². The lowest BCUT2D eigenvalue weighted by atomic mass is 10.1. The second kappa shape index (κ2) is 6.40. The molecule has 6 nitrogen and oxygen atoms in total. The molecule has 1 aromatic carbocycles. The highest BCUT2D eigenvalue weighted by atomic mass is 19.1. The molecule has 0 bridgehead atoms. The van der Waals surface area contributed by atoms with E-state index in [9.17, 15) is 14.0 Å². The van der Waals surface area contributed by atoms with Crippen molar-refractivity contribution in [2.24, 2.45) is 0 Å². The van der Waals surface area contributed by atoms with Crippen molar-refractivity contribution in [3.63, 3.8) is 0 Å². The van der Waals surface area contributed by atoms with E-state index in [4.69, 9.17) is 4.74 Å². The molecular weight excluding hydrogens is 337 g/mol. The standard InChI is InChI=1S/C19H18FN3O3/c1-12-11-23(16-4-2-8-21-18(16)26-12)19(25)14-10-13(6-7-15(14)20)22-9-3-5-17(22)24/h2,4,6-8,10,12H,3,5,9,11H2,1H3. The fourth-order valence-electron chi connectivity index (χ4n) is 3.37. The van der Waals surface area contributed by atoms with Gasteiger partial charge in [0.1, 0.15) is 17.6 Å². The number of carbonyl (C=O) groups is 2. The number of halogens is 1. The minimum absolute atomic E-state index is 0.00968. The first-order valence-corrected chi connectivity index (χ1v) is 8.58. The van der Waals surface area contributed by atoms with Crippen molar-refractivity contribution in [1.82, 2.24) is 4.98 Å². The Kier molecular flexibility index (Phi) is 4.06. The van der Waals surface area contributed by atoms with Crippen LogP contribution in [0.25, 0.3) is 0 Å². The molecule has 2 aliphatic rings. The van der Waals surface area contributed by atoms with Crippen molar-refractivity contribution in [2.75, 3.05) is 22.9 Å². The Morgan fingerprint density at radius 3 is 2.96 bits per heavy atom. The van der Waals surface area contributed by atoms with Crippen LogP contribution < -0.4 is 14.5 Å². The summed E-state index contributed by atoms with van der Waals surface area (Å²) in [6, 6.07) is 7.65. The maximum Gasteiger partial charge on any atom is 0.261 e. The SMILES string of the molecule is CC1CN(C(=O)c2cc(N3CCCC3=O)ccc2F)c2cccnc2O1. The van der Waals surface area contributed by atoms with Gasteiger partial charge in [0.15, 0.2) is 0 Å². The van der Waals surface area contributed by atoms with E-state index >= 15 is 0 Å². The topological polar surface area (TPSA) is 62.7 Å². The van der Waals surface area contributed by atoms with Crippen molar-refractivity contribution < 1.29 is 18.7 Å². The minimum Gasteiger partial charge on any atom is -0.471 e. The van der Waals surface area contributed by atoms with Crippen LogP contribution in [0.2, 0.25) is 0 Å². The third kappa shape index (κ3) is 2.79. The van der Waals surface area contributed by atoms with Crippen LogP contribution in [-0.4, -0.2) is 36.0 Å². The molecule has 0 aliphatic carbocycles. The van der Waals surface area contributed by atoms with Gasteiger partial charge >= 0.3 is 0 Å². The Balaban J connectivity index is 1.71. The van der Waals surface area contributed by atoms with Gasteiger partial charge in [-0.05, 0) is 43.7 Å². The van der Waals surface area contributed by atoms with Gasteiger partial charge in [0, 0.05) is 24.8 Å². The summed E-state index contributed by atoms with van der Waals surface area (Å²) in [4.78, 5) is 32.3. The van der Waals surface area contributed by atoms with Gasteiger partial charge < -0.3 is 9.64 Å². The van der Waals surface area contributed by atoms with Gasteiger partial charge in [0.2, 0.25) is 11.8 Å². The highest BCUT2D eigenvalue weighted by Crippen LogP contribution is 2.33. The van der Waals surface area contributed by atoms with Crippen molar-refractivity contribution >= 4 is 23.2 Å². The normalized spacial score (nSPS) is 19.3. The molecule has 3 heterocycles. The lowest BCUT2D eigenvalue weighted by Gasteiger charge is -2.32. The Morgan fingerprint density at radius 2 is 2.19 bits per heavy atom. The largest absolute Gasteiger partial charge is 0.471 e. The summed E-state index contributed by atoms with van der Waals surface area (Å²) in [6.45, 7) is 2.71. The second-order valence-electron chi connectivity index (χ2n) is 6.48. The summed E-state index contributed by atoms with van der Waals surface area (Å²) in [7, 11) is 0. The van der Waals surface area contributed by atoms with Gasteiger partial charge in [-0.1, -0.05) is 0 Å². The number of ether oxygens (including phenoxy) is 1. The number of hydrogen-bond donors (Lipinski definition) is 0. The Morgan fingerprint density at radius 1 is 1.35 bits per heavy atom. The molecule has 0 N–H and O–H groups in total. The van der Waals surface area contributed by atoms with Crippen LogP contribution in [0.15, 0.2) is 36.5 Å². The van der Waals surface area contributed by atoms with Gasteiger partial charge in [-0.2, -0.15) is 0 Å².